The molecule has 2 aromatic heterocycles. The number of aromatic amines is 1. The number of H-pyrrole nitrogens is 1. The van der Waals surface area contributed by atoms with Gasteiger partial charge in [-0.15, -0.1) is 33.3 Å². The average molecular weight is 540 g/mol. The Morgan fingerprint density at radius 2 is 2.17 bits per heavy atom. The van der Waals surface area contributed by atoms with Gasteiger partial charge in [-0.1, -0.05) is 17.8 Å². The lowest BCUT2D eigenvalue weighted by Crippen LogP contribution is -2.70. The van der Waals surface area contributed by atoms with E-state index in [1.54, 1.807) is 0 Å². The monoisotopic (exact) mass is 539 g/mol. The summed E-state index contributed by atoms with van der Waals surface area (Å²) in [4.78, 5) is 50.5. The highest BCUT2D eigenvalue weighted by atomic mass is 32.2. The van der Waals surface area contributed by atoms with E-state index in [2.05, 4.69) is 31.3 Å². The zero-order valence-electron chi connectivity index (χ0n) is 18.0. The van der Waals surface area contributed by atoms with Gasteiger partial charge in [0.1, 0.15) is 17.1 Å². The molecule has 2 aliphatic rings. The van der Waals surface area contributed by atoms with E-state index < -0.39 is 34.5 Å². The van der Waals surface area contributed by atoms with Crippen molar-refractivity contribution in [2.24, 2.45) is 0 Å². The van der Waals surface area contributed by atoms with Crippen molar-refractivity contribution in [1.29, 1.82) is 0 Å². The first-order valence-corrected chi connectivity index (χ1v) is 13.2. The lowest BCUT2D eigenvalue weighted by atomic mass is 10.00. The lowest BCUT2D eigenvalue weighted by Gasteiger charge is -2.50. The maximum Gasteiger partial charge on any atom is 0.352 e. The molecule has 2 unspecified atom stereocenters. The molecule has 13 nitrogen and oxygen atoms in total. The average Bonchev–Trinajstić information content (AvgIpc) is 3.52. The van der Waals surface area contributed by atoms with E-state index in [-0.39, 0.29) is 24.6 Å². The Kier molecular flexibility index (Phi) is 8.04. The molecule has 0 spiro atoms. The fourth-order valence-electron chi connectivity index (χ4n) is 3.75. The second-order valence-corrected chi connectivity index (χ2v) is 10.9. The number of carboxylic acids is 2. The minimum Gasteiger partial charge on any atom is -0.480 e. The van der Waals surface area contributed by atoms with Crippen molar-refractivity contribution in [2.45, 2.75) is 34.7 Å². The molecule has 0 saturated carbocycles. The van der Waals surface area contributed by atoms with Crippen LogP contribution in [0.15, 0.2) is 33.9 Å². The lowest BCUT2D eigenvalue weighted by molar-refractivity contribution is -0.150. The molecule has 2 amide bonds. The van der Waals surface area contributed by atoms with Crippen LogP contribution in [0, 0.1) is 0 Å². The first kappa shape index (κ1) is 25.2. The third-order valence-electron chi connectivity index (χ3n) is 5.25. The highest BCUT2D eigenvalue weighted by Gasteiger charge is 2.54. The number of rotatable bonds is 12. The molecule has 0 radical (unpaired) electrons. The first-order chi connectivity index (χ1) is 16.8. The van der Waals surface area contributed by atoms with Crippen LogP contribution >= 0.6 is 34.9 Å². The number of nitrogens with zero attached hydrogens (tertiary/aromatic N) is 4. The summed E-state index contributed by atoms with van der Waals surface area (Å²) in [6.07, 6.45) is 0.519. The van der Waals surface area contributed by atoms with Crippen LogP contribution < -0.4 is 10.6 Å². The number of amides is 2. The van der Waals surface area contributed by atoms with E-state index in [1.807, 2.05) is 17.5 Å². The number of β-lactam (4-membered cyclic amide) rings is 1. The van der Waals surface area contributed by atoms with Crippen LogP contribution in [-0.2, 0) is 25.6 Å². The number of hydrogen-bond donors (Lipinski definition) is 5. The number of fused-ring (bicyclic) bond motifs is 1. The molecular weight excluding hydrogens is 518 g/mol. The van der Waals surface area contributed by atoms with Crippen molar-refractivity contribution in [3.05, 3.63) is 33.7 Å². The molecule has 2 aromatic rings. The molecule has 2 aliphatic heterocycles. The van der Waals surface area contributed by atoms with Crippen LogP contribution in [0.1, 0.15) is 11.3 Å². The number of carboxylic acid groups (broad SMARTS) is 2. The summed E-state index contributed by atoms with van der Waals surface area (Å²) in [7, 11) is 0. The van der Waals surface area contributed by atoms with Gasteiger partial charge in [0, 0.05) is 15.9 Å². The molecule has 3 atom stereocenters. The number of aromatic nitrogens is 4. The Bertz CT molecular complexity index is 1120. The normalized spacial score (nSPS) is 20.2. The van der Waals surface area contributed by atoms with Crippen LogP contribution in [0.3, 0.4) is 0 Å². The number of hydrogen-bond acceptors (Lipinski definition) is 11. The molecule has 4 rings (SSSR count). The van der Waals surface area contributed by atoms with Gasteiger partial charge in [0.15, 0.2) is 0 Å². The largest absolute Gasteiger partial charge is 0.480 e. The van der Waals surface area contributed by atoms with Gasteiger partial charge < -0.3 is 20.8 Å². The van der Waals surface area contributed by atoms with Gasteiger partial charge >= 0.3 is 11.9 Å². The van der Waals surface area contributed by atoms with Crippen molar-refractivity contribution in [3.63, 3.8) is 0 Å². The summed E-state index contributed by atoms with van der Waals surface area (Å²) in [5, 5.41) is 39.2. The Morgan fingerprint density at radius 1 is 1.34 bits per heavy atom. The number of tetrazole rings is 1. The fourth-order valence-corrected chi connectivity index (χ4v) is 6.99. The Balaban J connectivity index is 1.50. The molecule has 35 heavy (non-hydrogen) atoms. The Hall–Kier alpha value is -2.95. The second kappa shape index (κ2) is 11.2. The van der Waals surface area contributed by atoms with Gasteiger partial charge in [0.05, 0.1) is 13.0 Å². The van der Waals surface area contributed by atoms with Crippen LogP contribution in [0.25, 0.3) is 0 Å². The number of nitrogens with one attached hydrogen (secondary N) is 3. The number of thioether (sulfide) groups is 2. The SMILES string of the molecule is O=C(O)CNCCC(Sc1nn[nH]n1)C1=C(C(=O)O)N2C(=O)C(NC(=O)Cc3cccs3)[C@@H]2SC1. The highest BCUT2D eigenvalue weighted by Crippen LogP contribution is 2.44. The van der Waals surface area contributed by atoms with Crippen LogP contribution in [0.2, 0.25) is 0 Å². The van der Waals surface area contributed by atoms with Crippen molar-refractivity contribution in [3.8, 4) is 0 Å². The summed E-state index contributed by atoms with van der Waals surface area (Å²) in [6, 6.07) is 2.87. The van der Waals surface area contributed by atoms with Gasteiger partial charge in [-0.05, 0) is 35.2 Å². The zero-order valence-corrected chi connectivity index (χ0v) is 20.5. The molecular formula is C19H21N7O6S3. The van der Waals surface area contributed by atoms with Gasteiger partial charge in [-0.25, -0.2) is 4.79 Å². The smallest absolute Gasteiger partial charge is 0.352 e. The van der Waals surface area contributed by atoms with E-state index in [4.69, 9.17) is 5.11 Å². The topological polar surface area (TPSA) is 190 Å². The Labute approximate surface area is 211 Å². The summed E-state index contributed by atoms with van der Waals surface area (Å²) in [5.74, 6) is -2.73. The fraction of sp³-hybridized carbons (Fsp3) is 0.421. The molecule has 186 valence electrons. The van der Waals surface area contributed by atoms with Gasteiger partial charge in [-0.3, -0.25) is 19.3 Å². The number of carbonyl (C=O) groups is 4. The highest BCUT2D eigenvalue weighted by molar-refractivity contribution is 8.01. The zero-order chi connectivity index (χ0) is 24.9. The van der Waals surface area contributed by atoms with Crippen LogP contribution in [0.5, 0.6) is 0 Å². The molecule has 5 N–H and O–H groups in total. The van der Waals surface area contributed by atoms with Gasteiger partial charge in [0.25, 0.3) is 5.91 Å². The van der Waals surface area contributed by atoms with Crippen molar-refractivity contribution >= 4 is 58.6 Å². The predicted octanol–water partition coefficient (Wildman–Crippen LogP) is -0.232. The molecule has 1 saturated heterocycles. The minimum atomic E-state index is -1.25. The standard InChI is InChI=1S/C19H21N7O6S3/c27-12(6-9-2-1-5-33-9)21-14-16(30)26-15(18(31)32)10(8-34-17(14)26)11(3-4-20-7-13(28)29)35-19-22-24-25-23-19/h1-2,5,11,14,17,20H,3-4,6-8H2,(H,21,27)(H,28,29)(H,31,32)(H,22,23,24,25)/t11?,14?,17-/m0/s1. The van der Waals surface area contributed by atoms with E-state index in [0.717, 1.165) is 4.88 Å². The number of thiophene rings is 1. The van der Waals surface area contributed by atoms with Gasteiger partial charge in [-0.2, -0.15) is 5.21 Å². The predicted molar refractivity (Wildman–Crippen MR) is 127 cm³/mol. The maximum absolute atomic E-state index is 12.9. The molecule has 16 heteroatoms. The van der Waals surface area contributed by atoms with Gasteiger partial charge in [0.2, 0.25) is 11.1 Å². The number of aliphatic carboxylic acids is 2. The van der Waals surface area contributed by atoms with Crippen molar-refractivity contribution in [1.82, 2.24) is 36.2 Å². The molecule has 0 aromatic carbocycles. The van der Waals surface area contributed by atoms with Crippen molar-refractivity contribution < 1.29 is 29.4 Å². The summed E-state index contributed by atoms with van der Waals surface area (Å²) >= 11 is 3.99. The summed E-state index contributed by atoms with van der Waals surface area (Å²) < 4.78 is 0. The Morgan fingerprint density at radius 3 is 2.83 bits per heavy atom. The van der Waals surface area contributed by atoms with E-state index in [1.165, 1.54) is 39.8 Å². The van der Waals surface area contributed by atoms with Crippen molar-refractivity contribution in [2.75, 3.05) is 18.8 Å². The quantitative estimate of drug-likeness (QED) is 0.135. The maximum atomic E-state index is 12.9. The molecule has 4 heterocycles. The third kappa shape index (κ3) is 5.83. The summed E-state index contributed by atoms with van der Waals surface area (Å²) in [6.45, 7) is 0.0559. The third-order valence-corrected chi connectivity index (χ3v) is 8.62. The van der Waals surface area contributed by atoms with Crippen LogP contribution in [-0.4, -0.2) is 95.0 Å². The van der Waals surface area contributed by atoms with E-state index in [9.17, 15) is 24.3 Å². The van der Waals surface area contributed by atoms with E-state index in [0.29, 0.717) is 29.4 Å². The second-order valence-electron chi connectivity index (χ2n) is 7.55. The van der Waals surface area contributed by atoms with Crippen LogP contribution in [0.4, 0.5) is 0 Å². The minimum absolute atomic E-state index is 0.123. The number of carbonyl (C=O) groups excluding carboxylic acids is 2. The molecule has 0 bridgehead atoms. The molecule has 1 fully saturated rings. The first-order valence-electron chi connectivity index (χ1n) is 10.4. The van der Waals surface area contributed by atoms with E-state index >= 15 is 0 Å². The molecule has 0 aliphatic carbocycles. The summed E-state index contributed by atoms with van der Waals surface area (Å²) in [5.41, 5.74) is 0.379.